The normalized spacial score (nSPS) is 13.3. The van der Waals surface area contributed by atoms with Crippen molar-refractivity contribution in [1.29, 1.82) is 0 Å². The van der Waals surface area contributed by atoms with Gasteiger partial charge in [0.1, 0.15) is 0 Å². The predicted molar refractivity (Wildman–Crippen MR) is 146 cm³/mol. The lowest BCUT2D eigenvalue weighted by molar-refractivity contribution is -0.114. The van der Waals surface area contributed by atoms with Gasteiger partial charge in [-0.1, -0.05) is 30.3 Å². The number of allylic oxidation sites excluding steroid dienone is 1. The van der Waals surface area contributed by atoms with Crippen LogP contribution in [0, 0.1) is 0 Å². The molecule has 0 fully saturated rings. The molecule has 1 aromatic heterocycles. The predicted octanol–water partition coefficient (Wildman–Crippen LogP) is 5.95. The Kier molecular flexibility index (Phi) is 6.60. The van der Waals surface area contributed by atoms with Gasteiger partial charge in [0.25, 0.3) is 5.91 Å². The molecule has 7 heteroatoms. The molecule has 186 valence electrons. The lowest BCUT2D eigenvalue weighted by Gasteiger charge is -2.14. The number of pyridine rings is 1. The topological polar surface area (TPSA) is 89.5 Å². The molecular formula is C30H27N3O4. The average molecular weight is 494 g/mol. The molecule has 0 bridgehead atoms. The number of amides is 2. The summed E-state index contributed by atoms with van der Waals surface area (Å²) in [6.07, 6.45) is 3.57. The number of nitrogens with one attached hydrogen (secondary N) is 2. The van der Waals surface area contributed by atoms with E-state index in [1.165, 1.54) is 6.92 Å². The first-order valence-electron chi connectivity index (χ1n) is 12.0. The zero-order valence-corrected chi connectivity index (χ0v) is 20.9. The van der Waals surface area contributed by atoms with Gasteiger partial charge in [-0.05, 0) is 72.0 Å². The van der Waals surface area contributed by atoms with Crippen LogP contribution in [0.1, 0.15) is 40.5 Å². The number of aromatic nitrogens is 1. The van der Waals surface area contributed by atoms with E-state index >= 15 is 0 Å². The van der Waals surface area contributed by atoms with Crippen molar-refractivity contribution in [2.45, 2.75) is 19.8 Å². The molecule has 1 heterocycles. The quantitative estimate of drug-likeness (QED) is 0.346. The number of ether oxygens (including phenoxy) is 2. The summed E-state index contributed by atoms with van der Waals surface area (Å²) in [4.78, 5) is 30.1. The van der Waals surface area contributed by atoms with E-state index < -0.39 is 0 Å². The summed E-state index contributed by atoms with van der Waals surface area (Å²) in [5.74, 6) is 0.947. The number of methoxy groups -OCH3 is 2. The van der Waals surface area contributed by atoms with Gasteiger partial charge in [0.05, 0.1) is 31.0 Å². The molecule has 0 aliphatic heterocycles. The van der Waals surface area contributed by atoms with Crippen molar-refractivity contribution >= 4 is 45.7 Å². The number of hydrogen-bond acceptors (Lipinski definition) is 5. The summed E-state index contributed by atoms with van der Waals surface area (Å²) < 4.78 is 10.8. The maximum absolute atomic E-state index is 13.7. The lowest BCUT2D eigenvalue weighted by Crippen LogP contribution is -2.16. The third-order valence-corrected chi connectivity index (χ3v) is 6.36. The second kappa shape index (κ2) is 10.1. The van der Waals surface area contributed by atoms with Crippen LogP contribution in [0.15, 0.2) is 66.7 Å². The van der Waals surface area contributed by atoms with Gasteiger partial charge >= 0.3 is 0 Å². The van der Waals surface area contributed by atoms with Crippen molar-refractivity contribution in [2.75, 3.05) is 24.9 Å². The molecule has 7 nitrogen and oxygen atoms in total. The van der Waals surface area contributed by atoms with Crippen LogP contribution in [0.5, 0.6) is 11.5 Å². The van der Waals surface area contributed by atoms with E-state index in [4.69, 9.17) is 14.5 Å². The molecular weight excluding hydrogens is 466 g/mol. The standard InChI is InChI=1S/C30H27N3O4/c1-18(34)31-21-7-6-8-22(17-21)32-30(35)28-23-9-4-5-10-25(23)33-29-20(12-13-24(28)29)15-19-11-14-26(36-2)27(16-19)37-3/h4-11,14-17H,12-13H2,1-3H3,(H,31,34)(H,32,35)/b20-15+. The molecule has 2 N–H and O–H groups in total. The van der Waals surface area contributed by atoms with Gasteiger partial charge in [0.15, 0.2) is 11.5 Å². The zero-order valence-electron chi connectivity index (χ0n) is 20.9. The Bertz CT molecular complexity index is 1560. The van der Waals surface area contributed by atoms with Crippen LogP contribution in [0.4, 0.5) is 11.4 Å². The molecule has 1 aliphatic carbocycles. The molecule has 1 aliphatic rings. The van der Waals surface area contributed by atoms with Gasteiger partial charge in [0, 0.05) is 23.7 Å². The van der Waals surface area contributed by atoms with Crippen LogP contribution in [-0.2, 0) is 11.2 Å². The van der Waals surface area contributed by atoms with Crippen LogP contribution in [0.3, 0.4) is 0 Å². The SMILES string of the molecule is COc1ccc(/C=C2\CCc3c2nc2ccccc2c3C(=O)Nc2cccc(NC(C)=O)c2)cc1OC. The van der Waals surface area contributed by atoms with E-state index in [9.17, 15) is 9.59 Å². The number of nitrogens with zero attached hydrogens (tertiary/aromatic N) is 1. The van der Waals surface area contributed by atoms with Crippen molar-refractivity contribution < 1.29 is 19.1 Å². The third-order valence-electron chi connectivity index (χ3n) is 6.36. The number of carbonyl (C=O) groups excluding carboxylic acids is 2. The van der Waals surface area contributed by atoms with Crippen molar-refractivity contribution in [3.8, 4) is 11.5 Å². The van der Waals surface area contributed by atoms with Crippen LogP contribution >= 0.6 is 0 Å². The molecule has 5 rings (SSSR count). The Morgan fingerprint density at radius 3 is 2.38 bits per heavy atom. The van der Waals surface area contributed by atoms with Gasteiger partial charge in [-0.2, -0.15) is 0 Å². The summed E-state index contributed by atoms with van der Waals surface area (Å²) in [5.41, 5.74) is 6.41. The molecule has 0 saturated heterocycles. The summed E-state index contributed by atoms with van der Waals surface area (Å²) in [7, 11) is 3.23. The first-order chi connectivity index (χ1) is 18.0. The van der Waals surface area contributed by atoms with Crippen molar-refractivity contribution in [2.24, 2.45) is 0 Å². The van der Waals surface area contributed by atoms with Crippen LogP contribution in [0.2, 0.25) is 0 Å². The van der Waals surface area contributed by atoms with E-state index in [1.54, 1.807) is 38.5 Å². The van der Waals surface area contributed by atoms with Gasteiger partial charge in [-0.3, -0.25) is 9.59 Å². The highest BCUT2D eigenvalue weighted by molar-refractivity contribution is 6.15. The zero-order chi connectivity index (χ0) is 25.9. The third kappa shape index (κ3) is 4.89. The van der Waals surface area contributed by atoms with Gasteiger partial charge in [0.2, 0.25) is 5.91 Å². The second-order valence-electron chi connectivity index (χ2n) is 8.83. The van der Waals surface area contributed by atoms with E-state index in [0.717, 1.165) is 39.7 Å². The first-order valence-corrected chi connectivity index (χ1v) is 12.0. The Morgan fingerprint density at radius 2 is 1.62 bits per heavy atom. The highest BCUT2D eigenvalue weighted by Crippen LogP contribution is 2.38. The summed E-state index contributed by atoms with van der Waals surface area (Å²) in [6.45, 7) is 1.45. The Labute approximate surface area is 215 Å². The number of benzene rings is 3. The van der Waals surface area contributed by atoms with Crippen molar-refractivity contribution in [1.82, 2.24) is 4.98 Å². The maximum atomic E-state index is 13.7. The molecule has 0 spiro atoms. The van der Waals surface area contributed by atoms with Crippen molar-refractivity contribution in [3.05, 3.63) is 89.1 Å². The van der Waals surface area contributed by atoms with E-state index in [1.807, 2.05) is 42.5 Å². The highest BCUT2D eigenvalue weighted by atomic mass is 16.5. The molecule has 3 aromatic carbocycles. The van der Waals surface area contributed by atoms with E-state index in [0.29, 0.717) is 34.9 Å². The number of hydrogen-bond donors (Lipinski definition) is 2. The number of fused-ring (bicyclic) bond motifs is 2. The summed E-state index contributed by atoms with van der Waals surface area (Å²) in [6, 6.07) is 20.6. The second-order valence-corrected chi connectivity index (χ2v) is 8.83. The van der Waals surface area contributed by atoms with Crippen LogP contribution < -0.4 is 20.1 Å². The molecule has 0 unspecified atom stereocenters. The number of para-hydroxylation sites is 1. The van der Waals surface area contributed by atoms with E-state index in [-0.39, 0.29) is 11.8 Å². The Balaban J connectivity index is 1.55. The maximum Gasteiger partial charge on any atom is 0.256 e. The minimum Gasteiger partial charge on any atom is -0.493 e. The smallest absolute Gasteiger partial charge is 0.256 e. The fraction of sp³-hybridized carbons (Fsp3) is 0.167. The minimum absolute atomic E-state index is 0.171. The molecule has 0 atom stereocenters. The monoisotopic (exact) mass is 493 g/mol. The van der Waals surface area contributed by atoms with E-state index in [2.05, 4.69) is 16.7 Å². The largest absolute Gasteiger partial charge is 0.493 e. The van der Waals surface area contributed by atoms with Crippen molar-refractivity contribution in [3.63, 3.8) is 0 Å². The first kappa shape index (κ1) is 24.1. The Morgan fingerprint density at radius 1 is 0.865 bits per heavy atom. The molecule has 0 radical (unpaired) electrons. The lowest BCUT2D eigenvalue weighted by atomic mass is 9.99. The minimum atomic E-state index is -0.206. The van der Waals surface area contributed by atoms with Gasteiger partial charge in [-0.15, -0.1) is 0 Å². The van der Waals surface area contributed by atoms with Gasteiger partial charge in [-0.25, -0.2) is 4.98 Å². The average Bonchev–Trinajstić information content (AvgIpc) is 3.28. The highest BCUT2D eigenvalue weighted by Gasteiger charge is 2.27. The molecule has 0 saturated carbocycles. The molecule has 37 heavy (non-hydrogen) atoms. The summed E-state index contributed by atoms with van der Waals surface area (Å²) in [5, 5.41) is 6.58. The number of carbonyl (C=O) groups is 2. The van der Waals surface area contributed by atoms with Crippen LogP contribution in [0.25, 0.3) is 22.6 Å². The van der Waals surface area contributed by atoms with Crippen LogP contribution in [-0.4, -0.2) is 31.0 Å². The Hall–Kier alpha value is -4.65. The van der Waals surface area contributed by atoms with Gasteiger partial charge < -0.3 is 20.1 Å². The fourth-order valence-electron chi connectivity index (χ4n) is 4.75. The molecule has 4 aromatic rings. The number of anilines is 2. The molecule has 2 amide bonds. The number of rotatable bonds is 6. The fourth-order valence-corrected chi connectivity index (χ4v) is 4.75. The summed E-state index contributed by atoms with van der Waals surface area (Å²) >= 11 is 0.